The van der Waals surface area contributed by atoms with Gasteiger partial charge in [-0.05, 0) is 19.5 Å². The molecule has 7 heteroatoms. The number of nitrogens with two attached hydrogens (primary N) is 1. The van der Waals surface area contributed by atoms with Gasteiger partial charge in [-0.1, -0.05) is 0 Å². The minimum Gasteiger partial charge on any atom is -0.374 e. The van der Waals surface area contributed by atoms with Crippen LogP contribution in [0.3, 0.4) is 0 Å². The molecule has 2 fully saturated rings. The fourth-order valence-corrected chi connectivity index (χ4v) is 3.34. The second-order valence-electron chi connectivity index (χ2n) is 6.12. The van der Waals surface area contributed by atoms with Crippen LogP contribution in [0.4, 0.5) is 0 Å². The monoisotopic (exact) mass is 306 g/mol. The zero-order valence-electron chi connectivity index (χ0n) is 13.0. The van der Waals surface area contributed by atoms with Gasteiger partial charge in [0.25, 0.3) is 5.91 Å². The average molecular weight is 306 g/mol. The van der Waals surface area contributed by atoms with E-state index in [4.69, 9.17) is 10.5 Å². The molecule has 0 bridgehead atoms. The van der Waals surface area contributed by atoms with Gasteiger partial charge in [0.05, 0.1) is 24.3 Å². The maximum atomic E-state index is 12.9. The number of carbonyl (C=O) groups excluding carboxylic acids is 2. The molecule has 22 heavy (non-hydrogen) atoms. The zero-order chi connectivity index (χ0) is 15.9. The number of likely N-dealkylation sites (N-methyl/N-ethyl adjacent to an activating group) is 1. The van der Waals surface area contributed by atoms with Crippen molar-refractivity contribution in [1.29, 1.82) is 0 Å². The van der Waals surface area contributed by atoms with Gasteiger partial charge < -0.3 is 24.8 Å². The molecule has 0 aromatic carbocycles. The summed E-state index contributed by atoms with van der Waals surface area (Å²) in [6.45, 7) is 2.93. The highest BCUT2D eigenvalue weighted by Crippen LogP contribution is 2.24. The maximum absolute atomic E-state index is 12.9. The fraction of sp³-hybridized carbons (Fsp3) is 0.600. The van der Waals surface area contributed by atoms with Crippen LogP contribution < -0.4 is 5.73 Å². The summed E-state index contributed by atoms with van der Waals surface area (Å²) < 4.78 is 7.48. The summed E-state index contributed by atoms with van der Waals surface area (Å²) in [6, 6.07) is 1.63. The van der Waals surface area contributed by atoms with Crippen molar-refractivity contribution in [3.05, 3.63) is 23.5 Å². The van der Waals surface area contributed by atoms with Crippen molar-refractivity contribution < 1.29 is 14.3 Å². The Labute approximate surface area is 129 Å². The second kappa shape index (κ2) is 5.73. The first-order chi connectivity index (χ1) is 10.5. The summed E-state index contributed by atoms with van der Waals surface area (Å²) in [5, 5.41) is 0. The normalized spacial score (nSPS) is 25.8. The van der Waals surface area contributed by atoms with Crippen LogP contribution in [0.15, 0.2) is 12.3 Å². The van der Waals surface area contributed by atoms with Crippen LogP contribution in [-0.2, 0) is 11.8 Å². The number of amides is 2. The number of primary amides is 1. The fourth-order valence-electron chi connectivity index (χ4n) is 3.34. The Morgan fingerprint density at radius 3 is 2.77 bits per heavy atom. The summed E-state index contributed by atoms with van der Waals surface area (Å²) >= 11 is 0. The van der Waals surface area contributed by atoms with Crippen molar-refractivity contribution in [2.24, 2.45) is 12.8 Å². The summed E-state index contributed by atoms with van der Waals surface area (Å²) in [5.74, 6) is -0.587. The van der Waals surface area contributed by atoms with E-state index in [1.807, 2.05) is 4.90 Å². The number of ether oxygens (including phenoxy) is 1. The lowest BCUT2D eigenvalue weighted by molar-refractivity contribution is -0.0871. The van der Waals surface area contributed by atoms with E-state index >= 15 is 0 Å². The molecule has 2 saturated heterocycles. The third kappa shape index (κ3) is 2.62. The number of fused-ring (bicyclic) bond motifs is 1. The van der Waals surface area contributed by atoms with Crippen LogP contribution in [0.2, 0.25) is 0 Å². The molecule has 2 N–H and O–H groups in total. The molecule has 2 amide bonds. The lowest BCUT2D eigenvalue weighted by Crippen LogP contribution is -2.60. The molecule has 1 aromatic heterocycles. The van der Waals surface area contributed by atoms with E-state index < -0.39 is 5.91 Å². The molecular weight excluding hydrogens is 284 g/mol. The first-order valence-electron chi connectivity index (χ1n) is 7.54. The SMILES string of the molecule is CN1CCC2OCCN(C(=O)c3cc(C(N)=O)cn3C)C2C1. The Hall–Kier alpha value is -1.86. The van der Waals surface area contributed by atoms with Crippen LogP contribution in [0.1, 0.15) is 27.3 Å². The topological polar surface area (TPSA) is 80.8 Å². The summed E-state index contributed by atoms with van der Waals surface area (Å²) in [7, 11) is 3.81. The number of aryl methyl sites for hydroxylation is 1. The minimum atomic E-state index is -0.521. The quantitative estimate of drug-likeness (QED) is 0.811. The molecule has 3 heterocycles. The van der Waals surface area contributed by atoms with Crippen LogP contribution in [0.5, 0.6) is 0 Å². The Morgan fingerprint density at radius 1 is 1.32 bits per heavy atom. The smallest absolute Gasteiger partial charge is 0.270 e. The van der Waals surface area contributed by atoms with E-state index in [0.29, 0.717) is 24.4 Å². The van der Waals surface area contributed by atoms with Gasteiger partial charge in [0, 0.05) is 32.9 Å². The second-order valence-corrected chi connectivity index (χ2v) is 6.12. The van der Waals surface area contributed by atoms with Crippen LogP contribution >= 0.6 is 0 Å². The van der Waals surface area contributed by atoms with Crippen LogP contribution in [0.25, 0.3) is 0 Å². The van der Waals surface area contributed by atoms with Crippen molar-refractivity contribution in [1.82, 2.24) is 14.4 Å². The molecule has 2 aliphatic heterocycles. The summed E-state index contributed by atoms with van der Waals surface area (Å²) in [5.41, 5.74) is 6.14. The van der Waals surface area contributed by atoms with Gasteiger partial charge in [-0.15, -0.1) is 0 Å². The number of nitrogens with zero attached hydrogens (tertiary/aromatic N) is 3. The highest BCUT2D eigenvalue weighted by atomic mass is 16.5. The minimum absolute atomic E-state index is 0.0620. The number of carbonyl (C=O) groups is 2. The molecule has 120 valence electrons. The van der Waals surface area contributed by atoms with E-state index in [2.05, 4.69) is 11.9 Å². The molecule has 2 aliphatic rings. The number of aromatic nitrogens is 1. The molecule has 2 atom stereocenters. The van der Waals surface area contributed by atoms with E-state index in [1.165, 1.54) is 0 Å². The number of hydrogen-bond acceptors (Lipinski definition) is 4. The lowest BCUT2D eigenvalue weighted by atomic mass is 9.98. The van der Waals surface area contributed by atoms with Crippen molar-refractivity contribution in [2.75, 3.05) is 33.3 Å². The Kier molecular flexibility index (Phi) is 3.92. The first kappa shape index (κ1) is 15.1. The predicted octanol–water partition coefficient (Wildman–Crippen LogP) is -0.331. The highest BCUT2D eigenvalue weighted by Gasteiger charge is 2.39. The van der Waals surface area contributed by atoms with Gasteiger partial charge in [0.2, 0.25) is 5.91 Å². The van der Waals surface area contributed by atoms with Crippen molar-refractivity contribution in [3.63, 3.8) is 0 Å². The van der Waals surface area contributed by atoms with Gasteiger partial charge >= 0.3 is 0 Å². The number of hydrogen-bond donors (Lipinski definition) is 1. The summed E-state index contributed by atoms with van der Waals surface area (Å²) in [6.07, 6.45) is 2.63. The molecule has 1 aromatic rings. The molecule has 0 spiro atoms. The van der Waals surface area contributed by atoms with E-state index in [9.17, 15) is 9.59 Å². The Morgan fingerprint density at radius 2 is 2.09 bits per heavy atom. The lowest BCUT2D eigenvalue weighted by Gasteiger charge is -2.46. The molecule has 0 aliphatic carbocycles. The molecule has 7 nitrogen and oxygen atoms in total. The Balaban J connectivity index is 1.85. The molecule has 3 rings (SSSR count). The van der Waals surface area contributed by atoms with Gasteiger partial charge in [-0.25, -0.2) is 0 Å². The Bertz CT molecular complexity index is 598. The van der Waals surface area contributed by atoms with Gasteiger partial charge in [0.1, 0.15) is 5.69 Å². The average Bonchev–Trinajstić information content (AvgIpc) is 2.88. The van der Waals surface area contributed by atoms with Gasteiger partial charge in [-0.2, -0.15) is 0 Å². The third-order valence-corrected chi connectivity index (χ3v) is 4.56. The molecule has 2 unspecified atom stereocenters. The van der Waals surface area contributed by atoms with E-state index in [1.54, 1.807) is 23.9 Å². The number of likely N-dealkylation sites (tertiary alicyclic amines) is 1. The summed E-state index contributed by atoms with van der Waals surface area (Å²) in [4.78, 5) is 28.3. The van der Waals surface area contributed by atoms with Crippen LogP contribution in [0, 0.1) is 0 Å². The number of piperidine rings is 1. The standard InChI is InChI=1S/C15H22N4O3/c1-17-4-3-13-12(9-17)19(5-6-22-13)15(21)11-7-10(14(16)20)8-18(11)2/h7-8,12-13H,3-6,9H2,1-2H3,(H2,16,20). The van der Waals surface area contributed by atoms with E-state index in [-0.39, 0.29) is 18.1 Å². The van der Waals surface area contributed by atoms with Crippen LogP contribution in [-0.4, -0.2) is 71.6 Å². The first-order valence-corrected chi connectivity index (χ1v) is 7.54. The number of rotatable bonds is 2. The predicted molar refractivity (Wildman–Crippen MR) is 80.6 cm³/mol. The largest absolute Gasteiger partial charge is 0.374 e. The zero-order valence-corrected chi connectivity index (χ0v) is 13.0. The van der Waals surface area contributed by atoms with Crippen molar-refractivity contribution in [3.8, 4) is 0 Å². The molecule has 0 radical (unpaired) electrons. The number of morpholine rings is 1. The van der Waals surface area contributed by atoms with Crippen molar-refractivity contribution >= 4 is 11.8 Å². The van der Waals surface area contributed by atoms with E-state index in [0.717, 1.165) is 19.5 Å². The third-order valence-electron chi connectivity index (χ3n) is 4.56. The van der Waals surface area contributed by atoms with Gasteiger partial charge in [0.15, 0.2) is 0 Å². The molecule has 0 saturated carbocycles. The van der Waals surface area contributed by atoms with Crippen molar-refractivity contribution in [2.45, 2.75) is 18.6 Å². The maximum Gasteiger partial charge on any atom is 0.270 e. The highest BCUT2D eigenvalue weighted by molar-refractivity contribution is 5.98. The molecular formula is C15H22N4O3. The van der Waals surface area contributed by atoms with Gasteiger partial charge in [-0.3, -0.25) is 9.59 Å².